The van der Waals surface area contributed by atoms with Gasteiger partial charge in [0.15, 0.2) is 0 Å². The van der Waals surface area contributed by atoms with Gasteiger partial charge in [0.05, 0.1) is 5.56 Å². The Morgan fingerprint density at radius 3 is 2.50 bits per heavy atom. The first-order chi connectivity index (χ1) is 13.8. The molecule has 1 aromatic carbocycles. The van der Waals surface area contributed by atoms with Gasteiger partial charge in [0.2, 0.25) is 5.95 Å². The van der Waals surface area contributed by atoms with Crippen LogP contribution < -0.4 is 4.90 Å². The molecule has 6 heteroatoms. The molecule has 1 aliphatic rings. The Labute approximate surface area is 169 Å². The van der Waals surface area contributed by atoms with E-state index in [0.717, 1.165) is 38.9 Å². The molecule has 1 amide bonds. The Morgan fingerprint density at radius 2 is 1.82 bits per heavy atom. The summed E-state index contributed by atoms with van der Waals surface area (Å²) in [4.78, 5) is 26.2. The van der Waals surface area contributed by atoms with Gasteiger partial charge in [-0.05, 0) is 42.3 Å². The highest BCUT2D eigenvalue weighted by molar-refractivity contribution is 7.08. The zero-order valence-electron chi connectivity index (χ0n) is 15.8. The number of aromatic nitrogens is 2. The van der Waals surface area contributed by atoms with E-state index < -0.39 is 0 Å². The van der Waals surface area contributed by atoms with Gasteiger partial charge in [-0.2, -0.15) is 11.3 Å². The van der Waals surface area contributed by atoms with Crippen molar-refractivity contribution in [1.29, 1.82) is 0 Å². The average Bonchev–Trinajstić information content (AvgIpc) is 3.30. The Morgan fingerprint density at radius 1 is 1.07 bits per heavy atom. The number of likely N-dealkylation sites (tertiary alicyclic amines) is 1. The van der Waals surface area contributed by atoms with E-state index in [9.17, 15) is 4.79 Å². The van der Waals surface area contributed by atoms with E-state index in [4.69, 9.17) is 0 Å². The van der Waals surface area contributed by atoms with Crippen LogP contribution >= 0.6 is 11.3 Å². The Kier molecular flexibility index (Phi) is 6.09. The number of carbonyl (C=O) groups excluding carboxylic acids is 1. The molecule has 0 aliphatic carbocycles. The van der Waals surface area contributed by atoms with Crippen molar-refractivity contribution in [2.24, 2.45) is 0 Å². The monoisotopic (exact) mass is 392 g/mol. The van der Waals surface area contributed by atoms with Gasteiger partial charge in [0.25, 0.3) is 5.91 Å². The summed E-state index contributed by atoms with van der Waals surface area (Å²) in [5.74, 6) is 0.497. The molecule has 1 fully saturated rings. The molecule has 0 atom stereocenters. The van der Waals surface area contributed by atoms with Crippen molar-refractivity contribution in [2.45, 2.75) is 25.3 Å². The zero-order chi connectivity index (χ0) is 19.2. The third-order valence-electron chi connectivity index (χ3n) is 5.24. The number of carbonyl (C=O) groups is 1. The van der Waals surface area contributed by atoms with Crippen LogP contribution in [0, 0.1) is 0 Å². The summed E-state index contributed by atoms with van der Waals surface area (Å²) in [5, 5.41) is 3.83. The molecule has 4 rings (SSSR count). The van der Waals surface area contributed by atoms with Crippen molar-refractivity contribution >= 4 is 23.2 Å². The largest absolute Gasteiger partial charge is 0.303 e. The van der Waals surface area contributed by atoms with Crippen LogP contribution in [-0.4, -0.2) is 46.5 Å². The predicted molar refractivity (Wildman–Crippen MR) is 113 cm³/mol. The van der Waals surface area contributed by atoms with Crippen LogP contribution in [0.25, 0.3) is 0 Å². The van der Waals surface area contributed by atoms with Crippen LogP contribution in [0.4, 0.5) is 5.95 Å². The molecular weight excluding hydrogens is 368 g/mol. The quantitative estimate of drug-likeness (QED) is 0.639. The molecule has 0 N–H and O–H groups in total. The molecule has 1 aliphatic heterocycles. The molecule has 0 radical (unpaired) electrons. The van der Waals surface area contributed by atoms with Gasteiger partial charge in [-0.25, -0.2) is 9.97 Å². The predicted octanol–water partition coefficient (Wildman–Crippen LogP) is 3.89. The molecule has 2 aromatic heterocycles. The SMILES string of the molecule is O=C(c1ccsc1)N(c1ncccn1)C1CCN(CCc2ccccc2)CC1. The van der Waals surface area contributed by atoms with E-state index in [2.05, 4.69) is 45.2 Å². The average molecular weight is 393 g/mol. The molecule has 144 valence electrons. The molecule has 3 aromatic rings. The summed E-state index contributed by atoms with van der Waals surface area (Å²) in [5.41, 5.74) is 2.08. The van der Waals surface area contributed by atoms with E-state index in [-0.39, 0.29) is 11.9 Å². The smallest absolute Gasteiger partial charge is 0.261 e. The van der Waals surface area contributed by atoms with Crippen molar-refractivity contribution in [3.63, 3.8) is 0 Å². The van der Waals surface area contributed by atoms with Crippen LogP contribution in [0.15, 0.2) is 65.6 Å². The molecule has 3 heterocycles. The molecule has 0 saturated carbocycles. The number of nitrogens with zero attached hydrogens (tertiary/aromatic N) is 4. The highest BCUT2D eigenvalue weighted by Gasteiger charge is 2.31. The van der Waals surface area contributed by atoms with E-state index in [1.54, 1.807) is 23.4 Å². The number of benzene rings is 1. The molecule has 5 nitrogen and oxygen atoms in total. The lowest BCUT2D eigenvalue weighted by Crippen LogP contribution is -2.48. The molecule has 0 bridgehead atoms. The Bertz CT molecular complexity index is 862. The standard InChI is InChI=1S/C22H24N4OS/c27-21(19-10-16-28-17-19)26(22-23-11-4-12-24-22)20-8-14-25(15-9-20)13-7-18-5-2-1-3-6-18/h1-6,10-12,16-17,20H,7-9,13-15H2. The first kappa shape index (κ1) is 18.8. The minimum Gasteiger partial charge on any atom is -0.303 e. The third-order valence-corrected chi connectivity index (χ3v) is 5.92. The normalized spacial score (nSPS) is 15.4. The van der Waals surface area contributed by atoms with E-state index in [1.165, 1.54) is 16.9 Å². The lowest BCUT2D eigenvalue weighted by Gasteiger charge is -2.37. The minimum atomic E-state index is -0.00446. The van der Waals surface area contributed by atoms with Crippen molar-refractivity contribution < 1.29 is 4.79 Å². The number of thiophene rings is 1. The fourth-order valence-corrected chi connectivity index (χ4v) is 4.32. The molecular formula is C22H24N4OS. The zero-order valence-corrected chi connectivity index (χ0v) is 16.6. The molecule has 0 spiro atoms. The molecule has 1 saturated heterocycles. The lowest BCUT2D eigenvalue weighted by atomic mass is 10.0. The van der Waals surface area contributed by atoms with E-state index >= 15 is 0 Å². The van der Waals surface area contributed by atoms with Crippen LogP contribution in [0.3, 0.4) is 0 Å². The number of hydrogen-bond donors (Lipinski definition) is 0. The number of anilines is 1. The highest BCUT2D eigenvalue weighted by atomic mass is 32.1. The van der Waals surface area contributed by atoms with Crippen molar-refractivity contribution in [3.05, 3.63) is 76.7 Å². The van der Waals surface area contributed by atoms with Gasteiger partial charge >= 0.3 is 0 Å². The fourth-order valence-electron chi connectivity index (χ4n) is 3.69. The Balaban J connectivity index is 1.42. The summed E-state index contributed by atoms with van der Waals surface area (Å²) < 4.78 is 0. The summed E-state index contributed by atoms with van der Waals surface area (Å²) in [6.45, 7) is 3.02. The lowest BCUT2D eigenvalue weighted by molar-refractivity contribution is 0.0958. The van der Waals surface area contributed by atoms with Crippen LogP contribution in [0.1, 0.15) is 28.8 Å². The van der Waals surface area contributed by atoms with Gasteiger partial charge in [-0.15, -0.1) is 0 Å². The molecule has 0 unspecified atom stereocenters. The highest BCUT2D eigenvalue weighted by Crippen LogP contribution is 2.24. The van der Waals surface area contributed by atoms with Crippen molar-refractivity contribution in [2.75, 3.05) is 24.5 Å². The summed E-state index contributed by atoms with van der Waals surface area (Å²) >= 11 is 1.54. The van der Waals surface area contributed by atoms with Gasteiger partial charge in [0.1, 0.15) is 0 Å². The van der Waals surface area contributed by atoms with Gasteiger partial charge in [-0.1, -0.05) is 30.3 Å². The third kappa shape index (κ3) is 4.46. The van der Waals surface area contributed by atoms with E-state index in [1.807, 2.05) is 16.8 Å². The molecule has 28 heavy (non-hydrogen) atoms. The fraction of sp³-hybridized carbons (Fsp3) is 0.318. The number of rotatable bonds is 6. The summed E-state index contributed by atoms with van der Waals surface area (Å²) in [6, 6.07) is 14.4. The Hall–Kier alpha value is -2.57. The maximum absolute atomic E-state index is 13.1. The summed E-state index contributed by atoms with van der Waals surface area (Å²) in [6.07, 6.45) is 6.33. The topological polar surface area (TPSA) is 49.3 Å². The minimum absolute atomic E-state index is 0.00446. The second-order valence-corrected chi connectivity index (χ2v) is 7.82. The number of piperidine rings is 1. The number of hydrogen-bond acceptors (Lipinski definition) is 5. The van der Waals surface area contributed by atoms with Crippen LogP contribution in [0.5, 0.6) is 0 Å². The summed E-state index contributed by atoms with van der Waals surface area (Å²) in [7, 11) is 0. The van der Waals surface area contributed by atoms with Gasteiger partial charge in [0, 0.05) is 43.4 Å². The first-order valence-corrected chi connectivity index (χ1v) is 10.6. The van der Waals surface area contributed by atoms with Crippen molar-refractivity contribution in [3.8, 4) is 0 Å². The van der Waals surface area contributed by atoms with Crippen molar-refractivity contribution in [1.82, 2.24) is 14.9 Å². The van der Waals surface area contributed by atoms with Gasteiger partial charge in [-0.3, -0.25) is 9.69 Å². The second kappa shape index (κ2) is 9.08. The maximum Gasteiger partial charge on any atom is 0.261 e. The van der Waals surface area contributed by atoms with Crippen LogP contribution in [0.2, 0.25) is 0 Å². The van der Waals surface area contributed by atoms with Gasteiger partial charge < -0.3 is 4.90 Å². The second-order valence-electron chi connectivity index (χ2n) is 7.04. The number of amides is 1. The van der Waals surface area contributed by atoms with E-state index in [0.29, 0.717) is 11.5 Å². The first-order valence-electron chi connectivity index (χ1n) is 9.70. The maximum atomic E-state index is 13.1. The van der Waals surface area contributed by atoms with Crippen LogP contribution in [-0.2, 0) is 6.42 Å².